The molecule has 2 rings (SSSR count). The number of rotatable bonds is 3. The Morgan fingerprint density at radius 3 is 2.48 bits per heavy atom. The molecule has 0 fully saturated rings. The number of anilines is 1. The first-order valence-electron chi connectivity index (χ1n) is 5.95. The van der Waals surface area contributed by atoms with E-state index in [4.69, 9.17) is 14.2 Å². The van der Waals surface area contributed by atoms with Crippen LogP contribution in [0.5, 0.6) is 0 Å². The van der Waals surface area contributed by atoms with Crippen molar-refractivity contribution in [2.75, 3.05) is 5.32 Å². The molecule has 0 saturated heterocycles. The minimum Gasteiger partial charge on any atom is -0.423 e. The summed E-state index contributed by atoms with van der Waals surface area (Å²) >= 11 is 0. The molecular weight excluding hydrogens is 342 g/mol. The summed E-state index contributed by atoms with van der Waals surface area (Å²) in [7, 11) is -4.47. The Bertz CT molecular complexity index is 869. The van der Waals surface area contributed by atoms with E-state index in [-0.39, 0.29) is 22.2 Å². The van der Waals surface area contributed by atoms with Crippen molar-refractivity contribution in [2.45, 2.75) is 12.3 Å². The van der Waals surface area contributed by atoms with Gasteiger partial charge in [-0.2, -0.15) is 13.2 Å². The number of carbonyl (C=O) groups excluding carboxylic acids is 1. The summed E-state index contributed by atoms with van der Waals surface area (Å²) in [6, 6.07) is 4.13. The number of fused-ring (bicyclic) bond motifs is 1. The number of nitrogens with one attached hydrogen (secondary N) is 1. The zero-order valence-electron chi connectivity index (χ0n) is 11.1. The fourth-order valence-electron chi connectivity index (χ4n) is 1.86. The van der Waals surface area contributed by atoms with Crippen LogP contribution in [0.15, 0.2) is 33.5 Å². The van der Waals surface area contributed by atoms with Gasteiger partial charge in [0.05, 0.1) is 6.16 Å². The van der Waals surface area contributed by atoms with Gasteiger partial charge in [-0.05, 0) is 17.7 Å². The van der Waals surface area contributed by atoms with Crippen molar-refractivity contribution >= 4 is 30.2 Å². The lowest BCUT2D eigenvalue weighted by Gasteiger charge is -2.10. The molecule has 0 atom stereocenters. The van der Waals surface area contributed by atoms with Crippen molar-refractivity contribution in [3.63, 3.8) is 0 Å². The summed E-state index contributed by atoms with van der Waals surface area (Å²) in [6.45, 7) is 0. The molecule has 124 valence electrons. The van der Waals surface area contributed by atoms with Gasteiger partial charge in [0.15, 0.2) is 0 Å². The Morgan fingerprint density at radius 1 is 1.26 bits per heavy atom. The standard InChI is InChI=1S/C12H9F3NO6P/c13-12(14,15)11(18)16-7-1-2-8-6(5-23(19,20)21)3-10(17)22-9(8)4-7/h1-4H,5H2,(H,16,18)(H2,19,20,21). The largest absolute Gasteiger partial charge is 0.471 e. The summed E-state index contributed by atoms with van der Waals surface area (Å²) in [5.41, 5.74) is -1.43. The molecule has 0 aliphatic rings. The monoisotopic (exact) mass is 351 g/mol. The van der Waals surface area contributed by atoms with E-state index in [1.165, 1.54) is 6.07 Å². The van der Waals surface area contributed by atoms with E-state index in [1.54, 1.807) is 5.32 Å². The molecule has 3 N–H and O–H groups in total. The van der Waals surface area contributed by atoms with Gasteiger partial charge in [-0.15, -0.1) is 0 Å². The van der Waals surface area contributed by atoms with Crippen molar-refractivity contribution < 1.29 is 36.7 Å². The van der Waals surface area contributed by atoms with Crippen LogP contribution in [0.4, 0.5) is 18.9 Å². The number of halogens is 3. The van der Waals surface area contributed by atoms with Crippen LogP contribution in [0.2, 0.25) is 0 Å². The van der Waals surface area contributed by atoms with E-state index < -0.39 is 31.5 Å². The highest BCUT2D eigenvalue weighted by atomic mass is 31.2. The van der Waals surface area contributed by atoms with Crippen LogP contribution in [0.25, 0.3) is 11.0 Å². The summed E-state index contributed by atoms with van der Waals surface area (Å²) in [6.07, 6.45) is -5.82. The maximum atomic E-state index is 12.2. The smallest absolute Gasteiger partial charge is 0.423 e. The molecule has 0 bridgehead atoms. The Balaban J connectivity index is 2.47. The molecule has 11 heteroatoms. The van der Waals surface area contributed by atoms with Crippen LogP contribution >= 0.6 is 7.60 Å². The van der Waals surface area contributed by atoms with E-state index in [0.29, 0.717) is 0 Å². The lowest BCUT2D eigenvalue weighted by atomic mass is 10.1. The predicted octanol–water partition coefficient (Wildman–Crippen LogP) is 1.97. The van der Waals surface area contributed by atoms with Gasteiger partial charge in [0, 0.05) is 23.2 Å². The van der Waals surface area contributed by atoms with Crippen molar-refractivity contribution in [1.82, 2.24) is 0 Å². The molecule has 0 aliphatic carbocycles. The zero-order chi connectivity index (χ0) is 17.4. The number of alkyl halides is 3. The molecular formula is C12H9F3NO6P. The number of carbonyl (C=O) groups is 1. The van der Waals surface area contributed by atoms with Gasteiger partial charge < -0.3 is 19.5 Å². The summed E-state index contributed by atoms with van der Waals surface area (Å²) in [4.78, 5) is 40.2. The molecule has 0 unspecified atom stereocenters. The fourth-order valence-corrected chi connectivity index (χ4v) is 2.57. The number of amides is 1. The Morgan fingerprint density at radius 2 is 1.91 bits per heavy atom. The maximum absolute atomic E-state index is 12.2. The van der Waals surface area contributed by atoms with Crippen LogP contribution in [0.3, 0.4) is 0 Å². The van der Waals surface area contributed by atoms with Gasteiger partial charge in [-0.1, -0.05) is 0 Å². The second-order valence-electron chi connectivity index (χ2n) is 4.58. The minimum atomic E-state index is -5.09. The molecule has 1 amide bonds. The van der Waals surface area contributed by atoms with Gasteiger partial charge in [0.25, 0.3) is 0 Å². The zero-order valence-corrected chi connectivity index (χ0v) is 12.0. The van der Waals surface area contributed by atoms with Crippen molar-refractivity contribution in [3.8, 4) is 0 Å². The third-order valence-corrected chi connectivity index (χ3v) is 3.47. The van der Waals surface area contributed by atoms with Crippen LogP contribution in [0, 0.1) is 0 Å². The molecule has 0 spiro atoms. The lowest BCUT2D eigenvalue weighted by Crippen LogP contribution is -2.29. The normalized spacial score (nSPS) is 12.4. The van der Waals surface area contributed by atoms with Gasteiger partial charge in [-0.25, -0.2) is 4.79 Å². The third-order valence-electron chi connectivity index (χ3n) is 2.72. The van der Waals surface area contributed by atoms with Crippen molar-refractivity contribution in [3.05, 3.63) is 40.2 Å². The molecule has 7 nitrogen and oxygen atoms in total. The molecule has 1 aromatic heterocycles. The van der Waals surface area contributed by atoms with Gasteiger partial charge in [0.1, 0.15) is 5.58 Å². The first-order chi connectivity index (χ1) is 10.5. The highest BCUT2D eigenvalue weighted by Gasteiger charge is 2.38. The Kier molecular flexibility index (Phi) is 4.34. The van der Waals surface area contributed by atoms with Gasteiger partial charge >= 0.3 is 25.3 Å². The Hall–Kier alpha value is -2.16. The van der Waals surface area contributed by atoms with E-state index >= 15 is 0 Å². The van der Waals surface area contributed by atoms with E-state index in [0.717, 1.165) is 18.2 Å². The highest BCUT2D eigenvalue weighted by molar-refractivity contribution is 7.50. The van der Waals surface area contributed by atoms with Gasteiger partial charge in [-0.3, -0.25) is 9.36 Å². The maximum Gasteiger partial charge on any atom is 0.471 e. The lowest BCUT2D eigenvalue weighted by molar-refractivity contribution is -0.167. The topological polar surface area (TPSA) is 117 Å². The number of benzene rings is 1. The van der Waals surface area contributed by atoms with Crippen molar-refractivity contribution in [2.24, 2.45) is 0 Å². The van der Waals surface area contributed by atoms with Crippen LogP contribution in [-0.2, 0) is 15.5 Å². The van der Waals surface area contributed by atoms with E-state index in [9.17, 15) is 27.3 Å². The predicted molar refractivity (Wildman–Crippen MR) is 72.9 cm³/mol. The van der Waals surface area contributed by atoms with Crippen molar-refractivity contribution in [1.29, 1.82) is 0 Å². The molecule has 0 aliphatic heterocycles. The van der Waals surface area contributed by atoms with Crippen LogP contribution in [-0.4, -0.2) is 21.9 Å². The van der Waals surface area contributed by atoms with E-state index in [2.05, 4.69) is 0 Å². The Labute approximate surface area is 125 Å². The molecule has 23 heavy (non-hydrogen) atoms. The quantitative estimate of drug-likeness (QED) is 0.575. The molecule has 0 saturated carbocycles. The number of hydrogen-bond acceptors (Lipinski definition) is 4. The summed E-state index contributed by atoms with van der Waals surface area (Å²) in [5.74, 6) is -2.20. The fraction of sp³-hybridized carbons (Fsp3) is 0.167. The second kappa shape index (κ2) is 5.80. The first kappa shape index (κ1) is 17.2. The average Bonchev–Trinajstić information content (AvgIpc) is 2.34. The third kappa shape index (κ3) is 4.41. The van der Waals surface area contributed by atoms with Crippen LogP contribution in [0.1, 0.15) is 5.56 Å². The minimum absolute atomic E-state index is 0.0155. The number of hydrogen-bond donors (Lipinski definition) is 3. The summed E-state index contributed by atoms with van der Waals surface area (Å²) in [5, 5.41) is 1.72. The second-order valence-corrected chi connectivity index (χ2v) is 6.22. The van der Waals surface area contributed by atoms with E-state index in [1.807, 2.05) is 0 Å². The highest BCUT2D eigenvalue weighted by Crippen LogP contribution is 2.40. The van der Waals surface area contributed by atoms with Gasteiger partial charge in [0.2, 0.25) is 0 Å². The molecule has 0 radical (unpaired) electrons. The van der Waals surface area contributed by atoms with Crippen LogP contribution < -0.4 is 10.9 Å². The first-order valence-corrected chi connectivity index (χ1v) is 7.75. The molecule has 1 heterocycles. The average molecular weight is 351 g/mol. The molecule has 2 aromatic rings. The SMILES string of the molecule is O=C(Nc1ccc2c(CP(=O)(O)O)cc(=O)oc2c1)C(F)(F)F. The molecule has 1 aromatic carbocycles. The summed E-state index contributed by atoms with van der Waals surface area (Å²) < 4.78 is 52.4.